The largest absolute Gasteiger partial charge is 0.354 e. The fourth-order valence-electron chi connectivity index (χ4n) is 2.13. The summed E-state index contributed by atoms with van der Waals surface area (Å²) < 4.78 is 38.4. The number of hydrogen-bond donors (Lipinski definition) is 3. The number of H-pyrrole nitrogens is 1. The van der Waals surface area contributed by atoms with Gasteiger partial charge in [0.2, 0.25) is 10.0 Å². The van der Waals surface area contributed by atoms with Crippen LogP contribution in [0.1, 0.15) is 0 Å². The van der Waals surface area contributed by atoms with Gasteiger partial charge in [0.05, 0.1) is 16.4 Å². The summed E-state index contributed by atoms with van der Waals surface area (Å²) in [6, 6.07) is 7.17. The lowest BCUT2D eigenvalue weighted by molar-refractivity contribution is 0.568. The Labute approximate surface area is 169 Å². The Bertz CT molecular complexity index is 1160. The van der Waals surface area contributed by atoms with Gasteiger partial charge < -0.3 is 5.32 Å². The highest BCUT2D eigenvalue weighted by Gasteiger charge is 2.21. The first kappa shape index (κ1) is 19.2. The van der Waals surface area contributed by atoms with E-state index in [2.05, 4.69) is 38.1 Å². The first-order valence-electron chi connectivity index (χ1n) is 6.79. The molecule has 0 aliphatic heterocycles. The van der Waals surface area contributed by atoms with Gasteiger partial charge in [-0.2, -0.15) is 5.10 Å². The molecule has 0 saturated carbocycles. The van der Waals surface area contributed by atoms with Crippen molar-refractivity contribution in [2.24, 2.45) is 5.14 Å². The van der Waals surface area contributed by atoms with Crippen molar-refractivity contribution < 1.29 is 12.8 Å². The molecular weight excluding hydrogens is 518 g/mol. The lowest BCUT2D eigenvalue weighted by Gasteiger charge is -2.14. The van der Waals surface area contributed by atoms with Crippen molar-refractivity contribution in [1.29, 1.82) is 0 Å². The molecule has 26 heavy (non-hydrogen) atoms. The lowest BCUT2D eigenvalue weighted by Crippen LogP contribution is -2.14. The molecule has 136 valence electrons. The van der Waals surface area contributed by atoms with E-state index >= 15 is 0 Å². The monoisotopic (exact) mass is 526 g/mol. The second kappa shape index (κ2) is 7.23. The highest BCUT2D eigenvalue weighted by Crippen LogP contribution is 2.36. The number of nitrogens with one attached hydrogen (secondary N) is 2. The Hall–Kier alpha value is -1.54. The van der Waals surface area contributed by atoms with Gasteiger partial charge in [-0.1, -0.05) is 22.9 Å². The van der Waals surface area contributed by atoms with Gasteiger partial charge in [-0.15, -0.1) is 0 Å². The number of nitrogens with two attached hydrogens (primary N) is 1. The van der Waals surface area contributed by atoms with E-state index in [9.17, 15) is 17.6 Å². The summed E-state index contributed by atoms with van der Waals surface area (Å²) in [5.41, 5.74) is 0.841. The number of halogens is 3. The number of benzene rings is 2. The fraction of sp³-hybridized carbons (Fsp3) is 0. The molecule has 3 aromatic rings. The molecule has 2 aromatic carbocycles. The Balaban J connectivity index is 2.20. The first-order chi connectivity index (χ1) is 12.1. The van der Waals surface area contributed by atoms with Gasteiger partial charge in [0, 0.05) is 9.13 Å². The summed E-state index contributed by atoms with van der Waals surface area (Å²) >= 11 is 9.01. The van der Waals surface area contributed by atoms with Crippen molar-refractivity contribution in [3.8, 4) is 10.6 Å². The number of nitrogens with zero attached hydrogens (tertiary/aromatic N) is 1. The summed E-state index contributed by atoms with van der Waals surface area (Å²) in [6.07, 6.45) is 0. The van der Waals surface area contributed by atoms with Crippen molar-refractivity contribution >= 4 is 66.9 Å². The third-order valence-corrected chi connectivity index (χ3v) is 5.94. The fourth-order valence-corrected chi connectivity index (χ4v) is 4.29. The Morgan fingerprint density at radius 2 is 2.00 bits per heavy atom. The summed E-state index contributed by atoms with van der Waals surface area (Å²) in [5, 5.41) is 14.6. The van der Waals surface area contributed by atoms with Crippen molar-refractivity contribution in [2.75, 3.05) is 5.32 Å². The second-order valence-corrected chi connectivity index (χ2v) is 9.18. The quantitative estimate of drug-likeness (QED) is 0.451. The molecule has 0 radical (unpaired) electrons. The SMILES string of the molecule is NS(=O)(=O)c1cc(-c2n[nH]c(=O)s2)c(Nc2ccc(I)cc2Cl)cc1F. The molecule has 0 atom stereocenters. The van der Waals surface area contributed by atoms with E-state index in [1.54, 1.807) is 18.2 Å². The number of aromatic nitrogens is 2. The maximum absolute atomic E-state index is 14.3. The predicted molar refractivity (Wildman–Crippen MR) is 107 cm³/mol. The summed E-state index contributed by atoms with van der Waals surface area (Å²) in [7, 11) is -4.30. The molecule has 0 amide bonds. The van der Waals surface area contributed by atoms with Crippen LogP contribution in [0.5, 0.6) is 0 Å². The average Bonchev–Trinajstić information content (AvgIpc) is 2.95. The van der Waals surface area contributed by atoms with Gasteiger partial charge in [-0.25, -0.2) is 23.0 Å². The topological polar surface area (TPSA) is 118 Å². The molecule has 0 unspecified atom stereocenters. The van der Waals surface area contributed by atoms with Crippen LogP contribution < -0.4 is 15.3 Å². The van der Waals surface area contributed by atoms with E-state index in [1.165, 1.54) is 0 Å². The number of aromatic amines is 1. The molecule has 0 aliphatic carbocycles. The zero-order valence-corrected chi connectivity index (χ0v) is 17.1. The summed E-state index contributed by atoms with van der Waals surface area (Å²) in [6.45, 7) is 0. The number of sulfonamides is 1. The van der Waals surface area contributed by atoms with Crippen LogP contribution in [0.2, 0.25) is 5.02 Å². The van der Waals surface area contributed by atoms with Crippen molar-refractivity contribution in [3.63, 3.8) is 0 Å². The lowest BCUT2D eigenvalue weighted by atomic mass is 10.1. The maximum atomic E-state index is 14.3. The minimum atomic E-state index is -4.30. The van der Waals surface area contributed by atoms with Crippen molar-refractivity contribution in [3.05, 3.63) is 54.4 Å². The Morgan fingerprint density at radius 1 is 1.27 bits per heavy atom. The number of anilines is 2. The van der Waals surface area contributed by atoms with E-state index in [4.69, 9.17) is 16.7 Å². The van der Waals surface area contributed by atoms with Gasteiger partial charge in [-0.05, 0) is 52.9 Å². The zero-order chi connectivity index (χ0) is 19.1. The normalized spacial score (nSPS) is 11.5. The van der Waals surface area contributed by atoms with Gasteiger partial charge in [0.25, 0.3) is 0 Å². The van der Waals surface area contributed by atoms with Crippen molar-refractivity contribution in [2.45, 2.75) is 4.90 Å². The standard InChI is InChI=1S/C14H9ClFIN4O3S2/c15-8-3-6(17)1-2-10(8)19-11-5-9(16)12(26(18,23)24)4-7(11)13-20-21-14(22)25-13/h1-5,19H,(H,21,22)(H2,18,23,24). The Morgan fingerprint density at radius 3 is 2.58 bits per heavy atom. The van der Waals surface area contributed by atoms with Crippen molar-refractivity contribution in [1.82, 2.24) is 10.2 Å². The number of hydrogen-bond acceptors (Lipinski definition) is 6. The van der Waals surface area contributed by atoms with Gasteiger partial charge in [0.15, 0.2) is 5.01 Å². The number of primary sulfonamides is 1. The molecular formula is C14H9ClFIN4O3S2. The molecule has 0 spiro atoms. The molecule has 0 bridgehead atoms. The molecule has 12 heteroatoms. The first-order valence-corrected chi connectivity index (χ1v) is 10.6. The summed E-state index contributed by atoms with van der Waals surface area (Å²) in [5.74, 6) is -1.04. The van der Waals surface area contributed by atoms with Gasteiger partial charge in [-0.3, -0.25) is 4.79 Å². The van der Waals surface area contributed by atoms with Crippen LogP contribution in [-0.2, 0) is 10.0 Å². The maximum Gasteiger partial charge on any atom is 0.322 e. The molecule has 7 nitrogen and oxygen atoms in total. The molecule has 1 aromatic heterocycles. The highest BCUT2D eigenvalue weighted by atomic mass is 127. The number of rotatable bonds is 4. The minimum Gasteiger partial charge on any atom is -0.354 e. The third-order valence-electron chi connectivity index (χ3n) is 3.25. The highest BCUT2D eigenvalue weighted by molar-refractivity contribution is 14.1. The van der Waals surface area contributed by atoms with Crippen LogP contribution >= 0.6 is 45.5 Å². The predicted octanol–water partition coefficient (Wildman–Crippen LogP) is 3.29. The molecule has 1 heterocycles. The van der Waals surface area contributed by atoms with Crippen LogP contribution in [0.4, 0.5) is 15.8 Å². The molecule has 3 rings (SSSR count). The Kier molecular flexibility index (Phi) is 5.35. The molecule has 0 saturated heterocycles. The molecule has 4 N–H and O–H groups in total. The van der Waals surface area contributed by atoms with E-state index < -0.39 is 25.6 Å². The van der Waals surface area contributed by atoms with Crippen LogP contribution in [0.15, 0.2) is 40.0 Å². The van der Waals surface area contributed by atoms with Gasteiger partial charge in [0.1, 0.15) is 10.7 Å². The van der Waals surface area contributed by atoms with E-state index in [1.807, 2.05) is 0 Å². The van der Waals surface area contributed by atoms with Crippen LogP contribution in [-0.4, -0.2) is 18.6 Å². The minimum absolute atomic E-state index is 0.170. The smallest absolute Gasteiger partial charge is 0.322 e. The average molecular weight is 527 g/mol. The second-order valence-electron chi connectivity index (χ2n) is 5.04. The molecule has 0 fully saturated rings. The third kappa shape index (κ3) is 4.06. The van der Waals surface area contributed by atoms with E-state index in [-0.39, 0.29) is 16.3 Å². The van der Waals surface area contributed by atoms with E-state index in [0.717, 1.165) is 27.0 Å². The van der Waals surface area contributed by atoms with E-state index in [0.29, 0.717) is 10.7 Å². The zero-order valence-electron chi connectivity index (χ0n) is 12.6. The summed E-state index contributed by atoms with van der Waals surface area (Å²) in [4.78, 5) is 10.3. The van der Waals surface area contributed by atoms with Crippen LogP contribution in [0, 0.1) is 9.39 Å². The van der Waals surface area contributed by atoms with Crippen LogP contribution in [0.3, 0.4) is 0 Å². The van der Waals surface area contributed by atoms with Crippen LogP contribution in [0.25, 0.3) is 10.6 Å². The van der Waals surface area contributed by atoms with Gasteiger partial charge >= 0.3 is 4.87 Å². The molecule has 0 aliphatic rings.